The number of fused-ring (bicyclic) bond motifs is 1. The third-order valence-electron chi connectivity index (χ3n) is 4.59. The molecule has 0 spiro atoms. The van der Waals surface area contributed by atoms with Gasteiger partial charge in [0, 0.05) is 24.2 Å². The lowest BCUT2D eigenvalue weighted by Crippen LogP contribution is -2.39. The number of hydrogen-bond donors (Lipinski definition) is 2. The zero-order valence-corrected chi connectivity index (χ0v) is 13.2. The Morgan fingerprint density at radius 2 is 1.96 bits per heavy atom. The van der Waals surface area contributed by atoms with Gasteiger partial charge in [0.1, 0.15) is 5.82 Å². The van der Waals surface area contributed by atoms with Crippen LogP contribution in [0.5, 0.6) is 0 Å². The maximum atomic E-state index is 12.4. The van der Waals surface area contributed by atoms with Crippen LogP contribution >= 0.6 is 0 Å². The minimum atomic E-state index is -0.203. The second kappa shape index (κ2) is 6.31. The van der Waals surface area contributed by atoms with Gasteiger partial charge >= 0.3 is 6.03 Å². The molecule has 2 aromatic heterocycles. The number of amides is 2. The molecule has 122 valence electrons. The maximum absolute atomic E-state index is 12.4. The van der Waals surface area contributed by atoms with E-state index in [4.69, 9.17) is 0 Å². The van der Waals surface area contributed by atoms with Crippen LogP contribution in [0.15, 0.2) is 54.9 Å². The summed E-state index contributed by atoms with van der Waals surface area (Å²) in [5, 5.41) is 10.2. The van der Waals surface area contributed by atoms with Gasteiger partial charge in [-0.15, -0.1) is 0 Å². The van der Waals surface area contributed by atoms with Crippen molar-refractivity contribution in [1.82, 2.24) is 19.9 Å². The number of benzene rings is 1. The summed E-state index contributed by atoms with van der Waals surface area (Å²) in [5.74, 6) is 0.982. The van der Waals surface area contributed by atoms with Gasteiger partial charge in [-0.1, -0.05) is 36.8 Å². The molecule has 0 unspecified atom stereocenters. The van der Waals surface area contributed by atoms with E-state index in [1.165, 1.54) is 5.56 Å². The van der Waals surface area contributed by atoms with Crippen molar-refractivity contribution in [3.63, 3.8) is 0 Å². The number of aromatic nitrogens is 3. The number of anilines is 1. The standard InChI is InChI=1S/C18H19N5O/c24-18(22-17-9-11-19-16-10-12-20-23(16)17)21-15-8-4-7-14(15)13-5-2-1-3-6-13/h1-3,5-6,9-12,14-15H,4,7-8H2,(H2,21,22,24)/t14-,15-/m1/s1. The summed E-state index contributed by atoms with van der Waals surface area (Å²) in [4.78, 5) is 16.6. The van der Waals surface area contributed by atoms with E-state index >= 15 is 0 Å². The van der Waals surface area contributed by atoms with Crippen LogP contribution in [0.4, 0.5) is 10.6 Å². The van der Waals surface area contributed by atoms with E-state index in [0.29, 0.717) is 17.4 Å². The van der Waals surface area contributed by atoms with Crippen LogP contribution in [0.1, 0.15) is 30.7 Å². The van der Waals surface area contributed by atoms with E-state index in [1.807, 2.05) is 6.07 Å². The molecule has 2 atom stereocenters. The number of urea groups is 1. The van der Waals surface area contributed by atoms with E-state index in [1.54, 1.807) is 29.0 Å². The number of carbonyl (C=O) groups excluding carboxylic acids is 1. The Morgan fingerprint density at radius 1 is 1.08 bits per heavy atom. The van der Waals surface area contributed by atoms with Crippen LogP contribution in [0.25, 0.3) is 5.65 Å². The van der Waals surface area contributed by atoms with E-state index < -0.39 is 0 Å². The Balaban J connectivity index is 1.47. The fourth-order valence-electron chi connectivity index (χ4n) is 3.48. The highest BCUT2D eigenvalue weighted by Crippen LogP contribution is 2.34. The second-order valence-electron chi connectivity index (χ2n) is 6.08. The molecule has 4 rings (SSSR count). The first-order valence-electron chi connectivity index (χ1n) is 8.22. The number of carbonyl (C=O) groups is 1. The summed E-state index contributed by atoms with van der Waals surface area (Å²) >= 11 is 0. The topological polar surface area (TPSA) is 71.3 Å². The van der Waals surface area contributed by atoms with E-state index in [2.05, 4.69) is 45.0 Å². The Kier molecular flexibility index (Phi) is 3.86. The van der Waals surface area contributed by atoms with Crippen LogP contribution < -0.4 is 10.6 Å². The molecule has 1 aromatic carbocycles. The summed E-state index contributed by atoms with van der Waals surface area (Å²) in [6.07, 6.45) is 6.56. The number of hydrogen-bond acceptors (Lipinski definition) is 3. The van der Waals surface area contributed by atoms with E-state index in [0.717, 1.165) is 19.3 Å². The van der Waals surface area contributed by atoms with Crippen molar-refractivity contribution in [2.75, 3.05) is 5.32 Å². The van der Waals surface area contributed by atoms with Crippen LogP contribution in [-0.4, -0.2) is 26.7 Å². The zero-order valence-electron chi connectivity index (χ0n) is 13.2. The third-order valence-corrected chi connectivity index (χ3v) is 4.59. The summed E-state index contributed by atoms with van der Waals surface area (Å²) in [5.41, 5.74) is 1.99. The van der Waals surface area contributed by atoms with Gasteiger partial charge in [-0.25, -0.2) is 9.78 Å². The molecule has 1 saturated carbocycles. The average molecular weight is 321 g/mol. The van der Waals surface area contributed by atoms with Crippen molar-refractivity contribution in [1.29, 1.82) is 0 Å². The lowest BCUT2D eigenvalue weighted by Gasteiger charge is -2.21. The highest BCUT2D eigenvalue weighted by molar-refractivity contribution is 5.88. The lowest BCUT2D eigenvalue weighted by molar-refractivity contribution is 0.247. The van der Waals surface area contributed by atoms with Crippen molar-refractivity contribution in [2.45, 2.75) is 31.2 Å². The van der Waals surface area contributed by atoms with Crippen molar-refractivity contribution < 1.29 is 4.79 Å². The Hall–Kier alpha value is -2.89. The molecule has 24 heavy (non-hydrogen) atoms. The summed E-state index contributed by atoms with van der Waals surface area (Å²) in [6.45, 7) is 0. The minimum Gasteiger partial charge on any atom is -0.334 e. The van der Waals surface area contributed by atoms with Crippen molar-refractivity contribution >= 4 is 17.5 Å². The van der Waals surface area contributed by atoms with E-state index in [-0.39, 0.29) is 12.1 Å². The van der Waals surface area contributed by atoms with Gasteiger partial charge in [-0.2, -0.15) is 9.61 Å². The normalized spacial score (nSPS) is 20.2. The van der Waals surface area contributed by atoms with E-state index in [9.17, 15) is 4.79 Å². The van der Waals surface area contributed by atoms with Crippen LogP contribution in [-0.2, 0) is 0 Å². The lowest BCUT2D eigenvalue weighted by atomic mass is 9.94. The third kappa shape index (κ3) is 2.82. The molecule has 2 amide bonds. The predicted octanol–water partition coefficient (Wildman–Crippen LogP) is 3.19. The van der Waals surface area contributed by atoms with Gasteiger partial charge < -0.3 is 5.32 Å². The first kappa shape index (κ1) is 14.7. The smallest absolute Gasteiger partial charge is 0.320 e. The molecule has 6 heteroatoms. The highest BCUT2D eigenvalue weighted by Gasteiger charge is 2.29. The quantitative estimate of drug-likeness (QED) is 0.778. The first-order valence-corrected chi connectivity index (χ1v) is 8.22. The van der Waals surface area contributed by atoms with Crippen molar-refractivity contribution in [3.8, 4) is 0 Å². The molecule has 2 N–H and O–H groups in total. The molecule has 6 nitrogen and oxygen atoms in total. The molecular formula is C18H19N5O. The Bertz CT molecular complexity index is 845. The molecule has 0 aliphatic heterocycles. The molecule has 0 radical (unpaired) electrons. The molecule has 1 aliphatic rings. The molecule has 0 bridgehead atoms. The van der Waals surface area contributed by atoms with Gasteiger partial charge in [0.05, 0.1) is 6.20 Å². The Morgan fingerprint density at radius 3 is 2.83 bits per heavy atom. The van der Waals surface area contributed by atoms with Crippen LogP contribution in [0, 0.1) is 0 Å². The molecule has 2 heterocycles. The first-order chi connectivity index (χ1) is 11.8. The van der Waals surface area contributed by atoms with Gasteiger partial charge in [-0.05, 0) is 24.5 Å². The second-order valence-corrected chi connectivity index (χ2v) is 6.08. The molecule has 1 aliphatic carbocycles. The average Bonchev–Trinajstić information content (AvgIpc) is 3.25. The monoisotopic (exact) mass is 321 g/mol. The summed E-state index contributed by atoms with van der Waals surface area (Å²) in [7, 11) is 0. The minimum absolute atomic E-state index is 0.155. The number of rotatable bonds is 3. The summed E-state index contributed by atoms with van der Waals surface area (Å²) in [6, 6.07) is 13.9. The zero-order chi connectivity index (χ0) is 16.4. The van der Waals surface area contributed by atoms with Crippen molar-refractivity contribution in [3.05, 3.63) is 60.4 Å². The molecule has 0 saturated heterocycles. The van der Waals surface area contributed by atoms with Gasteiger partial charge in [0.2, 0.25) is 0 Å². The van der Waals surface area contributed by atoms with Crippen LogP contribution in [0.3, 0.4) is 0 Å². The van der Waals surface area contributed by atoms with Gasteiger partial charge in [0.25, 0.3) is 0 Å². The van der Waals surface area contributed by atoms with Gasteiger partial charge in [0.15, 0.2) is 5.65 Å². The van der Waals surface area contributed by atoms with Gasteiger partial charge in [-0.3, -0.25) is 5.32 Å². The number of nitrogens with zero attached hydrogens (tertiary/aromatic N) is 3. The Labute approximate surface area is 139 Å². The number of nitrogens with one attached hydrogen (secondary N) is 2. The molecular weight excluding hydrogens is 302 g/mol. The highest BCUT2D eigenvalue weighted by atomic mass is 16.2. The maximum Gasteiger partial charge on any atom is 0.320 e. The SMILES string of the molecule is O=C(Nc1ccnc2ccnn12)N[C@@H]1CCC[C@@H]1c1ccccc1. The fraction of sp³-hybridized carbons (Fsp3) is 0.278. The summed E-state index contributed by atoms with van der Waals surface area (Å²) < 4.78 is 1.61. The fourth-order valence-corrected chi connectivity index (χ4v) is 3.48. The largest absolute Gasteiger partial charge is 0.334 e. The van der Waals surface area contributed by atoms with Crippen molar-refractivity contribution in [2.24, 2.45) is 0 Å². The predicted molar refractivity (Wildman–Crippen MR) is 92.0 cm³/mol. The molecule has 3 aromatic rings. The van der Waals surface area contributed by atoms with Crippen LogP contribution in [0.2, 0.25) is 0 Å². The molecule has 1 fully saturated rings.